The Balaban J connectivity index is 2.37. The highest BCUT2D eigenvalue weighted by atomic mass is 16.5. The van der Waals surface area contributed by atoms with E-state index < -0.39 is 0 Å². The van der Waals surface area contributed by atoms with E-state index >= 15 is 0 Å². The highest BCUT2D eigenvalue weighted by Crippen LogP contribution is 2.18. The van der Waals surface area contributed by atoms with Crippen molar-refractivity contribution >= 4 is 5.97 Å². The average molecular weight is 199 g/mol. The third-order valence-corrected chi connectivity index (χ3v) is 2.99. The Morgan fingerprint density at radius 1 is 1.50 bits per heavy atom. The number of nitrogens with zero attached hydrogens (tertiary/aromatic N) is 1. The fraction of sp³-hybridized carbons (Fsp3) is 0.909. The first-order valence-corrected chi connectivity index (χ1v) is 5.55. The number of piperidine rings is 1. The number of hydrogen-bond donors (Lipinski definition) is 0. The summed E-state index contributed by atoms with van der Waals surface area (Å²) in [6.45, 7) is 8.60. The maximum absolute atomic E-state index is 11.5. The molecule has 0 aromatic carbocycles. The standard InChI is InChI=1S/C11H21NO2/c1-4-14-11(13)10(3)12-7-5-9(2)6-8-12/h9-10H,4-8H2,1-3H3/t10-/m0/s1. The Hall–Kier alpha value is -0.570. The molecule has 0 bridgehead atoms. The van der Waals surface area contributed by atoms with Crippen molar-refractivity contribution < 1.29 is 9.53 Å². The maximum Gasteiger partial charge on any atom is 0.323 e. The Kier molecular flexibility index (Phi) is 4.39. The van der Waals surface area contributed by atoms with Gasteiger partial charge in [0, 0.05) is 0 Å². The lowest BCUT2D eigenvalue weighted by Gasteiger charge is -2.33. The summed E-state index contributed by atoms with van der Waals surface area (Å²) in [7, 11) is 0. The molecule has 0 aromatic rings. The molecule has 1 heterocycles. The van der Waals surface area contributed by atoms with Crippen LogP contribution in [0.4, 0.5) is 0 Å². The van der Waals surface area contributed by atoms with Crippen LogP contribution in [0.5, 0.6) is 0 Å². The number of rotatable bonds is 3. The van der Waals surface area contributed by atoms with Gasteiger partial charge >= 0.3 is 5.97 Å². The van der Waals surface area contributed by atoms with Gasteiger partial charge in [-0.2, -0.15) is 0 Å². The number of ether oxygens (including phenoxy) is 1. The molecule has 0 N–H and O–H groups in total. The largest absolute Gasteiger partial charge is 0.465 e. The quantitative estimate of drug-likeness (QED) is 0.648. The van der Waals surface area contributed by atoms with Crippen LogP contribution in [0.25, 0.3) is 0 Å². The minimum atomic E-state index is -0.0814. The van der Waals surface area contributed by atoms with Gasteiger partial charge in [0.1, 0.15) is 6.04 Å². The predicted molar refractivity (Wildman–Crippen MR) is 56.1 cm³/mol. The van der Waals surface area contributed by atoms with Crippen LogP contribution in [0.15, 0.2) is 0 Å². The van der Waals surface area contributed by atoms with Gasteiger partial charge in [0.25, 0.3) is 0 Å². The molecule has 3 nitrogen and oxygen atoms in total. The molecule has 0 amide bonds. The smallest absolute Gasteiger partial charge is 0.323 e. The van der Waals surface area contributed by atoms with Gasteiger partial charge in [-0.1, -0.05) is 6.92 Å². The van der Waals surface area contributed by atoms with Gasteiger partial charge in [0.15, 0.2) is 0 Å². The van der Waals surface area contributed by atoms with Crippen molar-refractivity contribution in [2.45, 2.75) is 39.7 Å². The summed E-state index contributed by atoms with van der Waals surface area (Å²) in [4.78, 5) is 13.7. The molecule has 0 radical (unpaired) electrons. The number of carbonyl (C=O) groups excluding carboxylic acids is 1. The lowest BCUT2D eigenvalue weighted by Crippen LogP contribution is -2.44. The zero-order chi connectivity index (χ0) is 10.6. The number of hydrogen-bond acceptors (Lipinski definition) is 3. The molecule has 1 saturated heterocycles. The van der Waals surface area contributed by atoms with Crippen LogP contribution in [0, 0.1) is 5.92 Å². The lowest BCUT2D eigenvalue weighted by molar-refractivity contribution is -0.149. The summed E-state index contributed by atoms with van der Waals surface area (Å²) in [6, 6.07) is -0.0672. The van der Waals surface area contributed by atoms with Gasteiger partial charge in [0.05, 0.1) is 6.61 Å². The topological polar surface area (TPSA) is 29.5 Å². The lowest BCUT2D eigenvalue weighted by atomic mass is 9.98. The molecule has 82 valence electrons. The molecule has 14 heavy (non-hydrogen) atoms. The molecular weight excluding hydrogens is 178 g/mol. The van der Waals surface area contributed by atoms with Gasteiger partial charge < -0.3 is 4.74 Å². The van der Waals surface area contributed by atoms with E-state index in [1.54, 1.807) is 0 Å². The highest BCUT2D eigenvalue weighted by molar-refractivity contribution is 5.75. The minimum absolute atomic E-state index is 0.0672. The molecular formula is C11H21NO2. The Labute approximate surface area is 86.4 Å². The Morgan fingerprint density at radius 3 is 2.57 bits per heavy atom. The molecule has 0 spiro atoms. The first kappa shape index (κ1) is 11.5. The van der Waals surface area contributed by atoms with Crippen molar-refractivity contribution in [3.05, 3.63) is 0 Å². The minimum Gasteiger partial charge on any atom is -0.465 e. The van der Waals surface area contributed by atoms with Gasteiger partial charge in [-0.05, 0) is 45.7 Å². The van der Waals surface area contributed by atoms with Crippen molar-refractivity contribution in [2.24, 2.45) is 5.92 Å². The molecule has 0 aromatic heterocycles. The van der Waals surface area contributed by atoms with E-state index in [1.807, 2.05) is 13.8 Å². The molecule has 0 saturated carbocycles. The van der Waals surface area contributed by atoms with Crippen LogP contribution in [0.2, 0.25) is 0 Å². The van der Waals surface area contributed by atoms with Gasteiger partial charge in [0.2, 0.25) is 0 Å². The zero-order valence-electron chi connectivity index (χ0n) is 9.45. The molecule has 1 rings (SSSR count). The summed E-state index contributed by atoms with van der Waals surface area (Å²) in [5.74, 6) is 0.725. The zero-order valence-corrected chi connectivity index (χ0v) is 9.45. The molecule has 0 unspecified atom stereocenters. The summed E-state index contributed by atoms with van der Waals surface area (Å²) < 4.78 is 5.00. The van der Waals surface area contributed by atoms with E-state index in [2.05, 4.69) is 11.8 Å². The normalized spacial score (nSPS) is 21.9. The molecule has 1 aliphatic rings. The Morgan fingerprint density at radius 2 is 2.07 bits per heavy atom. The number of likely N-dealkylation sites (tertiary alicyclic amines) is 1. The second-order valence-corrected chi connectivity index (χ2v) is 4.15. The van der Waals surface area contributed by atoms with E-state index in [9.17, 15) is 4.79 Å². The summed E-state index contributed by atoms with van der Waals surface area (Å²) in [6.07, 6.45) is 2.40. The second kappa shape index (κ2) is 5.35. The van der Waals surface area contributed by atoms with Crippen LogP contribution in [0.1, 0.15) is 33.6 Å². The second-order valence-electron chi connectivity index (χ2n) is 4.15. The summed E-state index contributed by atoms with van der Waals surface area (Å²) in [5.41, 5.74) is 0. The van der Waals surface area contributed by atoms with E-state index in [0.29, 0.717) is 6.61 Å². The van der Waals surface area contributed by atoms with E-state index in [-0.39, 0.29) is 12.0 Å². The van der Waals surface area contributed by atoms with Gasteiger partial charge in [-0.25, -0.2) is 0 Å². The molecule has 1 fully saturated rings. The molecule has 1 aliphatic heterocycles. The van der Waals surface area contributed by atoms with Crippen molar-refractivity contribution in [1.29, 1.82) is 0 Å². The summed E-state index contributed by atoms with van der Waals surface area (Å²) in [5, 5.41) is 0. The van der Waals surface area contributed by atoms with Crippen molar-refractivity contribution in [1.82, 2.24) is 4.90 Å². The van der Waals surface area contributed by atoms with Gasteiger partial charge in [-0.15, -0.1) is 0 Å². The Bertz CT molecular complexity index is 186. The monoisotopic (exact) mass is 199 g/mol. The van der Waals surface area contributed by atoms with Crippen LogP contribution in [-0.2, 0) is 9.53 Å². The fourth-order valence-electron chi connectivity index (χ4n) is 1.83. The molecule has 3 heteroatoms. The molecule has 1 atom stereocenters. The number of carbonyl (C=O) groups is 1. The van der Waals surface area contributed by atoms with Gasteiger partial charge in [-0.3, -0.25) is 9.69 Å². The van der Waals surface area contributed by atoms with E-state index in [0.717, 1.165) is 19.0 Å². The SMILES string of the molecule is CCOC(=O)[C@H](C)N1CCC(C)CC1. The first-order valence-electron chi connectivity index (χ1n) is 5.55. The van der Waals surface area contributed by atoms with Crippen LogP contribution in [0.3, 0.4) is 0 Å². The van der Waals surface area contributed by atoms with Crippen LogP contribution >= 0.6 is 0 Å². The molecule has 0 aliphatic carbocycles. The maximum atomic E-state index is 11.5. The highest BCUT2D eigenvalue weighted by Gasteiger charge is 2.25. The van der Waals surface area contributed by atoms with Crippen LogP contribution < -0.4 is 0 Å². The third kappa shape index (κ3) is 2.98. The van der Waals surface area contributed by atoms with E-state index in [1.165, 1.54) is 12.8 Å². The fourth-order valence-corrected chi connectivity index (χ4v) is 1.83. The van der Waals surface area contributed by atoms with Crippen molar-refractivity contribution in [3.63, 3.8) is 0 Å². The van der Waals surface area contributed by atoms with Crippen LogP contribution in [-0.4, -0.2) is 36.6 Å². The first-order chi connectivity index (χ1) is 6.65. The number of esters is 1. The van der Waals surface area contributed by atoms with Crippen molar-refractivity contribution in [3.8, 4) is 0 Å². The predicted octanol–water partition coefficient (Wildman–Crippen LogP) is 1.67. The van der Waals surface area contributed by atoms with E-state index in [4.69, 9.17) is 4.74 Å². The van der Waals surface area contributed by atoms with Crippen molar-refractivity contribution in [2.75, 3.05) is 19.7 Å². The average Bonchev–Trinajstić information content (AvgIpc) is 2.18. The third-order valence-electron chi connectivity index (χ3n) is 2.99. The summed E-state index contributed by atoms with van der Waals surface area (Å²) >= 11 is 0.